The maximum atomic E-state index is 12.2. The van der Waals surface area contributed by atoms with E-state index in [0.29, 0.717) is 17.9 Å². The van der Waals surface area contributed by atoms with Gasteiger partial charge in [-0.3, -0.25) is 9.10 Å². The molecular weight excluding hydrogens is 376 g/mol. The second-order valence-electron chi connectivity index (χ2n) is 6.84. The van der Waals surface area contributed by atoms with Gasteiger partial charge in [0.2, 0.25) is 15.9 Å². The molecule has 2 rings (SSSR count). The van der Waals surface area contributed by atoms with Gasteiger partial charge in [0.05, 0.1) is 25.1 Å². The summed E-state index contributed by atoms with van der Waals surface area (Å²) in [6, 6.07) is 14.7. The minimum Gasteiger partial charge on any atom is -0.497 e. The van der Waals surface area contributed by atoms with E-state index >= 15 is 0 Å². The third-order valence-corrected chi connectivity index (χ3v) is 5.67. The molecule has 0 aliphatic rings. The van der Waals surface area contributed by atoms with E-state index in [1.165, 1.54) is 9.87 Å². The molecule has 1 N–H and O–H groups in total. The molecule has 28 heavy (non-hydrogen) atoms. The maximum Gasteiger partial charge on any atom is 0.232 e. The number of amides is 1. The summed E-state index contributed by atoms with van der Waals surface area (Å²) in [6.07, 6.45) is 1.83. The van der Waals surface area contributed by atoms with Crippen molar-refractivity contribution in [1.29, 1.82) is 0 Å². The second kappa shape index (κ2) is 9.59. The van der Waals surface area contributed by atoms with Crippen molar-refractivity contribution in [2.75, 3.05) is 24.2 Å². The number of sulfonamides is 1. The van der Waals surface area contributed by atoms with Crippen LogP contribution in [0.2, 0.25) is 0 Å². The second-order valence-corrected chi connectivity index (χ2v) is 8.74. The van der Waals surface area contributed by atoms with Crippen LogP contribution in [-0.2, 0) is 14.8 Å². The molecule has 7 heteroatoms. The topological polar surface area (TPSA) is 75.7 Å². The monoisotopic (exact) mass is 404 g/mol. The lowest BCUT2D eigenvalue weighted by Gasteiger charge is -2.22. The Hall–Kier alpha value is -2.54. The number of rotatable bonds is 9. The van der Waals surface area contributed by atoms with Crippen molar-refractivity contribution in [1.82, 2.24) is 5.32 Å². The fraction of sp³-hybridized carbons (Fsp3) is 0.381. The van der Waals surface area contributed by atoms with Crippen LogP contribution in [0.15, 0.2) is 48.5 Å². The van der Waals surface area contributed by atoms with Crippen LogP contribution in [-0.4, -0.2) is 34.2 Å². The van der Waals surface area contributed by atoms with Crippen molar-refractivity contribution in [3.8, 4) is 5.75 Å². The van der Waals surface area contributed by atoms with Gasteiger partial charge in [-0.1, -0.05) is 29.8 Å². The molecule has 0 aliphatic carbocycles. The standard InChI is InChI=1S/C21H28N2O4S/c1-16-7-9-18(10-8-16)17(2)22-21(24)6-5-15-23(28(4,25)26)19-11-13-20(27-3)14-12-19/h7-14,17H,5-6,15H2,1-4H3,(H,22,24)/t17-/m0/s1. The van der Waals surface area contributed by atoms with Crippen LogP contribution in [0, 0.1) is 6.92 Å². The zero-order valence-corrected chi connectivity index (χ0v) is 17.6. The number of aryl methyl sites for hydroxylation is 1. The molecule has 0 fully saturated rings. The molecule has 0 unspecified atom stereocenters. The van der Waals surface area contributed by atoms with Crippen molar-refractivity contribution in [2.24, 2.45) is 0 Å². The fourth-order valence-electron chi connectivity index (χ4n) is 2.87. The normalized spacial score (nSPS) is 12.3. The number of methoxy groups -OCH3 is 1. The number of benzene rings is 2. The Morgan fingerprint density at radius 1 is 1.11 bits per heavy atom. The maximum absolute atomic E-state index is 12.2. The van der Waals surface area contributed by atoms with Crippen LogP contribution < -0.4 is 14.4 Å². The minimum absolute atomic E-state index is 0.0966. The number of ether oxygens (including phenoxy) is 1. The summed E-state index contributed by atoms with van der Waals surface area (Å²) in [7, 11) is -1.89. The van der Waals surface area contributed by atoms with E-state index in [4.69, 9.17) is 4.74 Å². The minimum atomic E-state index is -3.44. The Kier molecular flexibility index (Phi) is 7.45. The number of nitrogens with one attached hydrogen (secondary N) is 1. The summed E-state index contributed by atoms with van der Waals surface area (Å²) in [5, 5.41) is 2.96. The summed E-state index contributed by atoms with van der Waals surface area (Å²) in [5.41, 5.74) is 2.76. The summed E-state index contributed by atoms with van der Waals surface area (Å²) < 4.78 is 30.7. The van der Waals surface area contributed by atoms with E-state index in [0.717, 1.165) is 11.8 Å². The van der Waals surface area contributed by atoms with Crippen LogP contribution in [0.25, 0.3) is 0 Å². The molecule has 6 nitrogen and oxygen atoms in total. The Bertz CT molecular complexity index is 878. The van der Waals surface area contributed by atoms with Gasteiger partial charge < -0.3 is 10.1 Å². The van der Waals surface area contributed by atoms with Crippen LogP contribution in [0.4, 0.5) is 5.69 Å². The number of hydrogen-bond acceptors (Lipinski definition) is 4. The van der Waals surface area contributed by atoms with Crippen molar-refractivity contribution in [3.63, 3.8) is 0 Å². The molecule has 0 aliphatic heterocycles. The molecule has 0 aromatic heterocycles. The molecule has 0 saturated heterocycles. The lowest BCUT2D eigenvalue weighted by atomic mass is 10.1. The van der Waals surface area contributed by atoms with Gasteiger partial charge in [0, 0.05) is 13.0 Å². The van der Waals surface area contributed by atoms with Gasteiger partial charge >= 0.3 is 0 Å². The molecule has 0 heterocycles. The van der Waals surface area contributed by atoms with Crippen LogP contribution >= 0.6 is 0 Å². The van der Waals surface area contributed by atoms with E-state index in [-0.39, 0.29) is 24.9 Å². The first kappa shape index (κ1) is 21.8. The lowest BCUT2D eigenvalue weighted by Crippen LogP contribution is -2.32. The molecule has 2 aromatic carbocycles. The summed E-state index contributed by atoms with van der Waals surface area (Å²) in [5.74, 6) is 0.554. The van der Waals surface area contributed by atoms with E-state index in [2.05, 4.69) is 5.32 Å². The predicted octanol–water partition coefficient (Wildman–Crippen LogP) is 3.43. The zero-order chi connectivity index (χ0) is 20.7. The fourth-order valence-corrected chi connectivity index (χ4v) is 3.84. The zero-order valence-electron chi connectivity index (χ0n) is 16.8. The molecule has 0 saturated carbocycles. The highest BCUT2D eigenvalue weighted by Gasteiger charge is 2.18. The number of hydrogen-bond donors (Lipinski definition) is 1. The number of nitrogens with zero attached hydrogens (tertiary/aromatic N) is 1. The van der Waals surface area contributed by atoms with Crippen molar-refractivity contribution >= 4 is 21.6 Å². The first-order chi connectivity index (χ1) is 13.2. The van der Waals surface area contributed by atoms with Crippen LogP contribution in [0.1, 0.15) is 36.9 Å². The van der Waals surface area contributed by atoms with Crippen LogP contribution in [0.5, 0.6) is 5.75 Å². The Morgan fingerprint density at radius 3 is 2.25 bits per heavy atom. The quantitative estimate of drug-likeness (QED) is 0.695. The first-order valence-corrected chi connectivity index (χ1v) is 11.0. The number of carbonyl (C=O) groups excluding carboxylic acids is 1. The van der Waals surface area contributed by atoms with Gasteiger partial charge in [-0.05, 0) is 50.1 Å². The first-order valence-electron chi connectivity index (χ1n) is 9.18. The van der Waals surface area contributed by atoms with Crippen LogP contribution in [0.3, 0.4) is 0 Å². The molecule has 0 radical (unpaired) electrons. The van der Waals surface area contributed by atoms with Crippen molar-refractivity contribution < 1.29 is 17.9 Å². The lowest BCUT2D eigenvalue weighted by molar-refractivity contribution is -0.121. The largest absolute Gasteiger partial charge is 0.497 e. The highest BCUT2D eigenvalue weighted by atomic mass is 32.2. The van der Waals surface area contributed by atoms with E-state index in [1.54, 1.807) is 31.4 Å². The third kappa shape index (κ3) is 6.27. The molecular formula is C21H28N2O4S. The van der Waals surface area contributed by atoms with Gasteiger partial charge in [0.15, 0.2) is 0 Å². The molecule has 0 spiro atoms. The van der Waals surface area contributed by atoms with Crippen molar-refractivity contribution in [2.45, 2.75) is 32.7 Å². The van der Waals surface area contributed by atoms with Gasteiger partial charge in [-0.2, -0.15) is 0 Å². The summed E-state index contributed by atoms with van der Waals surface area (Å²) in [6.45, 7) is 4.18. The highest BCUT2D eigenvalue weighted by molar-refractivity contribution is 7.92. The Balaban J connectivity index is 1.92. The Labute approximate surface area is 167 Å². The summed E-state index contributed by atoms with van der Waals surface area (Å²) in [4.78, 5) is 12.2. The van der Waals surface area contributed by atoms with E-state index in [9.17, 15) is 13.2 Å². The molecule has 152 valence electrons. The third-order valence-electron chi connectivity index (χ3n) is 4.48. The van der Waals surface area contributed by atoms with Gasteiger partial charge in [-0.15, -0.1) is 0 Å². The molecule has 1 atom stereocenters. The van der Waals surface area contributed by atoms with Gasteiger partial charge in [0.1, 0.15) is 5.75 Å². The van der Waals surface area contributed by atoms with Crippen molar-refractivity contribution in [3.05, 3.63) is 59.7 Å². The van der Waals surface area contributed by atoms with E-state index < -0.39 is 10.0 Å². The smallest absolute Gasteiger partial charge is 0.232 e. The average Bonchev–Trinajstić information content (AvgIpc) is 2.65. The summed E-state index contributed by atoms with van der Waals surface area (Å²) >= 11 is 0. The number of anilines is 1. The molecule has 2 aromatic rings. The molecule has 0 bridgehead atoms. The molecule has 1 amide bonds. The predicted molar refractivity (Wildman–Crippen MR) is 112 cm³/mol. The van der Waals surface area contributed by atoms with E-state index in [1.807, 2.05) is 38.1 Å². The SMILES string of the molecule is COc1ccc(N(CCCC(=O)N[C@@H](C)c2ccc(C)cc2)S(C)(=O)=O)cc1. The number of carbonyl (C=O) groups is 1. The average molecular weight is 405 g/mol. The highest BCUT2D eigenvalue weighted by Crippen LogP contribution is 2.22. The van der Waals surface area contributed by atoms with Gasteiger partial charge in [0.25, 0.3) is 0 Å². The Morgan fingerprint density at radius 2 is 1.71 bits per heavy atom. The van der Waals surface area contributed by atoms with Gasteiger partial charge in [-0.25, -0.2) is 8.42 Å².